The van der Waals surface area contributed by atoms with E-state index in [0.717, 1.165) is 0 Å². The van der Waals surface area contributed by atoms with Crippen LogP contribution < -0.4 is 5.32 Å². The van der Waals surface area contributed by atoms with Crippen LogP contribution in [0.2, 0.25) is 0 Å². The Morgan fingerprint density at radius 2 is 2.61 bits per heavy atom. The van der Waals surface area contributed by atoms with Crippen molar-refractivity contribution in [2.45, 2.75) is 18.7 Å². The molecular weight excluding hydrogens is 236 g/mol. The molecule has 18 heavy (non-hydrogen) atoms. The van der Waals surface area contributed by atoms with Crippen molar-refractivity contribution >= 4 is 5.91 Å². The van der Waals surface area contributed by atoms with Crippen molar-refractivity contribution in [1.82, 2.24) is 20.3 Å². The first kappa shape index (κ1) is 12.7. The number of aromatic nitrogens is 3. The van der Waals surface area contributed by atoms with E-state index >= 15 is 0 Å². The zero-order valence-electron chi connectivity index (χ0n) is 10.2. The van der Waals surface area contributed by atoms with Gasteiger partial charge in [0, 0.05) is 7.11 Å². The van der Waals surface area contributed by atoms with Crippen molar-refractivity contribution in [3.63, 3.8) is 0 Å². The van der Waals surface area contributed by atoms with E-state index in [1.807, 2.05) is 0 Å². The molecule has 2 atom stereocenters. The van der Waals surface area contributed by atoms with Crippen molar-refractivity contribution in [3.05, 3.63) is 24.5 Å². The number of methoxy groups -OCH3 is 1. The van der Waals surface area contributed by atoms with Crippen LogP contribution in [-0.4, -0.2) is 47.3 Å². The SMILES string of the molecule is C=CC(=O)NCc1cn([C@@H]2COC[C@H]2OC)nn1. The highest BCUT2D eigenvalue weighted by atomic mass is 16.5. The van der Waals surface area contributed by atoms with E-state index in [-0.39, 0.29) is 18.1 Å². The Morgan fingerprint density at radius 1 is 1.78 bits per heavy atom. The average molecular weight is 252 g/mol. The summed E-state index contributed by atoms with van der Waals surface area (Å²) in [6, 6.07) is 0.0337. The van der Waals surface area contributed by atoms with Gasteiger partial charge < -0.3 is 14.8 Å². The predicted molar refractivity (Wildman–Crippen MR) is 62.7 cm³/mol. The summed E-state index contributed by atoms with van der Waals surface area (Å²) < 4.78 is 12.4. The van der Waals surface area contributed by atoms with Crippen molar-refractivity contribution in [1.29, 1.82) is 0 Å². The molecule has 2 rings (SSSR count). The van der Waals surface area contributed by atoms with Crippen LogP contribution in [-0.2, 0) is 20.8 Å². The van der Waals surface area contributed by atoms with Gasteiger partial charge in [-0.3, -0.25) is 4.79 Å². The number of ether oxygens (including phenoxy) is 2. The molecule has 1 aromatic heterocycles. The summed E-state index contributed by atoms with van der Waals surface area (Å²) in [5.41, 5.74) is 0.687. The number of nitrogens with zero attached hydrogens (tertiary/aromatic N) is 3. The van der Waals surface area contributed by atoms with Gasteiger partial charge in [0.1, 0.15) is 17.8 Å². The number of hydrogen-bond acceptors (Lipinski definition) is 5. The first-order valence-electron chi connectivity index (χ1n) is 5.66. The molecule has 0 aliphatic carbocycles. The van der Waals surface area contributed by atoms with Crippen LogP contribution in [0.3, 0.4) is 0 Å². The minimum absolute atomic E-state index is 0.0117. The second-order valence-electron chi connectivity index (χ2n) is 3.99. The summed E-state index contributed by atoms with van der Waals surface area (Å²) in [6.45, 7) is 4.82. The molecule has 0 unspecified atom stereocenters. The molecule has 1 saturated heterocycles. The van der Waals surface area contributed by atoms with Gasteiger partial charge in [0.25, 0.3) is 0 Å². The average Bonchev–Trinajstić information content (AvgIpc) is 3.03. The first-order chi connectivity index (χ1) is 8.74. The van der Waals surface area contributed by atoms with Crippen molar-refractivity contribution in [3.8, 4) is 0 Å². The fourth-order valence-corrected chi connectivity index (χ4v) is 1.80. The highest BCUT2D eigenvalue weighted by Gasteiger charge is 2.30. The summed E-state index contributed by atoms with van der Waals surface area (Å²) in [4.78, 5) is 11.0. The molecule has 1 aliphatic heterocycles. The molecule has 7 heteroatoms. The molecule has 1 aliphatic rings. The third-order valence-corrected chi connectivity index (χ3v) is 2.83. The first-order valence-corrected chi connectivity index (χ1v) is 5.66. The number of amides is 1. The lowest BCUT2D eigenvalue weighted by atomic mass is 10.2. The van der Waals surface area contributed by atoms with Gasteiger partial charge in [0.05, 0.1) is 26.0 Å². The van der Waals surface area contributed by atoms with Crippen LogP contribution in [0.25, 0.3) is 0 Å². The maximum Gasteiger partial charge on any atom is 0.243 e. The zero-order valence-corrected chi connectivity index (χ0v) is 10.2. The molecule has 1 aromatic rings. The monoisotopic (exact) mass is 252 g/mol. The van der Waals surface area contributed by atoms with Gasteiger partial charge in [-0.2, -0.15) is 0 Å². The van der Waals surface area contributed by atoms with Crippen LogP contribution >= 0.6 is 0 Å². The maximum absolute atomic E-state index is 11.0. The molecule has 0 aromatic carbocycles. The van der Waals surface area contributed by atoms with Crippen LogP contribution in [0.4, 0.5) is 0 Å². The lowest BCUT2D eigenvalue weighted by molar-refractivity contribution is -0.116. The molecule has 0 saturated carbocycles. The Bertz CT molecular complexity index is 432. The zero-order chi connectivity index (χ0) is 13.0. The van der Waals surface area contributed by atoms with E-state index in [0.29, 0.717) is 25.5 Å². The lowest BCUT2D eigenvalue weighted by Crippen LogP contribution is -2.24. The van der Waals surface area contributed by atoms with Gasteiger partial charge in [-0.15, -0.1) is 5.10 Å². The standard InChI is InChI=1S/C11H16N4O3/c1-3-11(16)12-4-8-5-15(14-13-8)9-6-18-7-10(9)17-2/h3,5,9-10H,1,4,6-7H2,2H3,(H,12,16)/t9-,10-/m1/s1. The minimum Gasteiger partial charge on any atom is -0.377 e. The molecule has 1 N–H and O–H groups in total. The van der Waals surface area contributed by atoms with Gasteiger partial charge in [0.15, 0.2) is 0 Å². The summed E-state index contributed by atoms with van der Waals surface area (Å²) in [6.07, 6.45) is 2.99. The summed E-state index contributed by atoms with van der Waals surface area (Å²) >= 11 is 0. The van der Waals surface area contributed by atoms with Crippen LogP contribution in [0.5, 0.6) is 0 Å². The normalized spacial score (nSPS) is 22.9. The smallest absolute Gasteiger partial charge is 0.243 e. The number of rotatable bonds is 5. The fraction of sp³-hybridized carbons (Fsp3) is 0.545. The van der Waals surface area contributed by atoms with E-state index in [4.69, 9.17) is 9.47 Å². The third kappa shape index (κ3) is 2.74. The second kappa shape index (κ2) is 5.74. The molecule has 98 valence electrons. The van der Waals surface area contributed by atoms with Gasteiger partial charge in [-0.1, -0.05) is 11.8 Å². The van der Waals surface area contributed by atoms with E-state index in [2.05, 4.69) is 22.2 Å². The molecular formula is C11H16N4O3. The van der Waals surface area contributed by atoms with Crippen molar-refractivity contribution in [2.75, 3.05) is 20.3 Å². The Balaban J connectivity index is 1.97. The predicted octanol–water partition coefficient (Wildman–Crippen LogP) is -0.333. The Labute approximate surface area is 105 Å². The largest absolute Gasteiger partial charge is 0.377 e. The molecule has 1 fully saturated rings. The fourth-order valence-electron chi connectivity index (χ4n) is 1.80. The van der Waals surface area contributed by atoms with E-state index in [1.54, 1.807) is 18.0 Å². The molecule has 0 radical (unpaired) electrons. The minimum atomic E-state index is -0.233. The maximum atomic E-state index is 11.0. The molecule has 0 spiro atoms. The Kier molecular flexibility index (Phi) is 4.06. The van der Waals surface area contributed by atoms with E-state index in [1.165, 1.54) is 6.08 Å². The van der Waals surface area contributed by atoms with E-state index < -0.39 is 0 Å². The number of hydrogen-bond donors (Lipinski definition) is 1. The highest BCUT2D eigenvalue weighted by molar-refractivity contribution is 5.86. The third-order valence-electron chi connectivity index (χ3n) is 2.83. The number of nitrogens with one attached hydrogen (secondary N) is 1. The second-order valence-corrected chi connectivity index (χ2v) is 3.99. The molecule has 1 amide bonds. The van der Waals surface area contributed by atoms with Crippen LogP contribution in [0, 0.1) is 0 Å². The van der Waals surface area contributed by atoms with Crippen molar-refractivity contribution in [2.24, 2.45) is 0 Å². The van der Waals surface area contributed by atoms with Gasteiger partial charge in [0.2, 0.25) is 5.91 Å². The van der Waals surface area contributed by atoms with Gasteiger partial charge in [-0.25, -0.2) is 4.68 Å². The number of carbonyl (C=O) groups is 1. The molecule has 0 bridgehead atoms. The van der Waals surface area contributed by atoms with Crippen molar-refractivity contribution < 1.29 is 14.3 Å². The summed E-state index contributed by atoms with van der Waals surface area (Å²) in [7, 11) is 1.65. The number of carbonyl (C=O) groups excluding carboxylic acids is 1. The molecule has 7 nitrogen and oxygen atoms in total. The molecule has 2 heterocycles. The Hall–Kier alpha value is -1.73. The lowest BCUT2D eigenvalue weighted by Gasteiger charge is -2.15. The summed E-state index contributed by atoms with van der Waals surface area (Å²) in [5.74, 6) is -0.233. The van der Waals surface area contributed by atoms with Gasteiger partial charge in [-0.05, 0) is 6.08 Å². The van der Waals surface area contributed by atoms with Crippen LogP contribution in [0.15, 0.2) is 18.9 Å². The van der Waals surface area contributed by atoms with Gasteiger partial charge >= 0.3 is 0 Å². The Morgan fingerprint density at radius 3 is 3.33 bits per heavy atom. The highest BCUT2D eigenvalue weighted by Crippen LogP contribution is 2.20. The topological polar surface area (TPSA) is 78.3 Å². The van der Waals surface area contributed by atoms with Crippen LogP contribution in [0.1, 0.15) is 11.7 Å². The van der Waals surface area contributed by atoms with E-state index in [9.17, 15) is 4.79 Å². The summed E-state index contributed by atoms with van der Waals surface area (Å²) in [5, 5.41) is 10.7. The quantitative estimate of drug-likeness (QED) is 0.726.